The minimum atomic E-state index is 0.736. The van der Waals surface area contributed by atoms with E-state index in [1.54, 1.807) is 6.20 Å². The second-order valence-electron chi connectivity index (χ2n) is 2.06. The molecule has 2 N–H and O–H groups in total. The van der Waals surface area contributed by atoms with Crippen LogP contribution in [0.15, 0.2) is 12.3 Å². The molecule has 0 aliphatic carbocycles. The lowest BCUT2D eigenvalue weighted by atomic mass is 10.1. The average molecular weight is 99.2 g/mol. The molecular weight excluding hydrogens is 86.1 g/mol. The molecule has 1 nitrogen and oxygen atoms in total. The van der Waals surface area contributed by atoms with Crippen LogP contribution in [0.5, 0.6) is 0 Å². The summed E-state index contributed by atoms with van der Waals surface area (Å²) in [7, 11) is 0. The number of nitrogens with two attached hydrogens (primary N) is 1. The van der Waals surface area contributed by atoms with Gasteiger partial charge in [-0.05, 0) is 18.5 Å². The third-order valence-corrected chi connectivity index (χ3v) is 0.744. The van der Waals surface area contributed by atoms with Crippen molar-refractivity contribution in [2.45, 2.75) is 20.3 Å². The number of hydrogen-bond acceptors (Lipinski definition) is 1. The van der Waals surface area contributed by atoms with Gasteiger partial charge in [-0.2, -0.15) is 0 Å². The van der Waals surface area contributed by atoms with E-state index in [0.717, 1.165) is 12.3 Å². The van der Waals surface area contributed by atoms with Crippen molar-refractivity contribution < 1.29 is 0 Å². The number of allylic oxidation sites excluding steroid dienone is 1. The van der Waals surface area contributed by atoms with Crippen molar-refractivity contribution in [1.82, 2.24) is 0 Å². The van der Waals surface area contributed by atoms with Crippen LogP contribution in [0.1, 0.15) is 20.3 Å². The predicted octanol–water partition coefficient (Wildman–Crippen LogP) is 1.50. The summed E-state index contributed by atoms with van der Waals surface area (Å²) >= 11 is 0. The molecule has 0 aliphatic rings. The summed E-state index contributed by atoms with van der Waals surface area (Å²) in [6, 6.07) is 0. The van der Waals surface area contributed by atoms with E-state index in [4.69, 9.17) is 5.73 Å². The minimum absolute atomic E-state index is 0.736. The molecule has 0 amide bonds. The van der Waals surface area contributed by atoms with Crippen molar-refractivity contribution in [3.05, 3.63) is 12.3 Å². The second-order valence-corrected chi connectivity index (χ2v) is 2.06. The minimum Gasteiger partial charge on any atom is -0.405 e. The Bertz CT molecular complexity index is 55.2. The molecule has 0 unspecified atom stereocenters. The summed E-state index contributed by atoms with van der Waals surface area (Å²) < 4.78 is 0. The maximum Gasteiger partial charge on any atom is -0.0103 e. The molecule has 0 aromatic rings. The van der Waals surface area contributed by atoms with Gasteiger partial charge in [0, 0.05) is 0 Å². The van der Waals surface area contributed by atoms with Gasteiger partial charge in [-0.3, -0.25) is 0 Å². The molecule has 0 atom stereocenters. The van der Waals surface area contributed by atoms with E-state index < -0.39 is 0 Å². The standard InChI is InChI=1S/C6H13N/c1-6(2)4-3-5-7/h3,5-6H,4,7H2,1-2H3. The lowest BCUT2D eigenvalue weighted by Crippen LogP contribution is -1.83. The molecule has 0 aliphatic heterocycles. The van der Waals surface area contributed by atoms with Crippen LogP contribution in [0.2, 0.25) is 0 Å². The van der Waals surface area contributed by atoms with Gasteiger partial charge in [-0.1, -0.05) is 19.9 Å². The van der Waals surface area contributed by atoms with Crippen LogP contribution in [0.3, 0.4) is 0 Å². The molecule has 0 bridgehead atoms. The summed E-state index contributed by atoms with van der Waals surface area (Å²) in [6.45, 7) is 4.33. The lowest BCUT2D eigenvalue weighted by molar-refractivity contribution is 0.663. The Morgan fingerprint density at radius 3 is 2.29 bits per heavy atom. The summed E-state index contributed by atoms with van der Waals surface area (Å²) in [5.74, 6) is 0.736. The molecule has 0 aromatic heterocycles. The van der Waals surface area contributed by atoms with Crippen molar-refractivity contribution in [1.29, 1.82) is 0 Å². The van der Waals surface area contributed by atoms with Crippen molar-refractivity contribution in [2.75, 3.05) is 0 Å². The fourth-order valence-electron chi connectivity index (χ4n) is 0.351. The molecule has 0 radical (unpaired) electrons. The maximum atomic E-state index is 5.10. The van der Waals surface area contributed by atoms with Gasteiger partial charge in [-0.25, -0.2) is 0 Å². The monoisotopic (exact) mass is 99.1 g/mol. The van der Waals surface area contributed by atoms with E-state index in [1.165, 1.54) is 0 Å². The van der Waals surface area contributed by atoms with Crippen molar-refractivity contribution in [3.63, 3.8) is 0 Å². The zero-order valence-electron chi connectivity index (χ0n) is 5.02. The molecule has 7 heavy (non-hydrogen) atoms. The van der Waals surface area contributed by atoms with Crippen molar-refractivity contribution in [3.8, 4) is 0 Å². The van der Waals surface area contributed by atoms with E-state index in [0.29, 0.717) is 0 Å². The zero-order chi connectivity index (χ0) is 5.70. The molecule has 0 saturated heterocycles. The first kappa shape index (κ1) is 6.54. The first-order valence-corrected chi connectivity index (χ1v) is 2.64. The Hall–Kier alpha value is -0.460. The number of rotatable bonds is 2. The van der Waals surface area contributed by atoms with Crippen LogP contribution in [0.4, 0.5) is 0 Å². The van der Waals surface area contributed by atoms with Crippen LogP contribution in [0.25, 0.3) is 0 Å². The largest absolute Gasteiger partial charge is 0.405 e. The van der Waals surface area contributed by atoms with Gasteiger partial charge in [0.1, 0.15) is 0 Å². The SMILES string of the molecule is CC(C)CC=CN. The summed E-state index contributed by atoms with van der Waals surface area (Å²) in [6.07, 6.45) is 4.67. The van der Waals surface area contributed by atoms with Crippen LogP contribution < -0.4 is 5.73 Å². The van der Waals surface area contributed by atoms with Crippen molar-refractivity contribution in [2.24, 2.45) is 11.7 Å². The number of hydrogen-bond donors (Lipinski definition) is 1. The highest BCUT2D eigenvalue weighted by Crippen LogP contribution is 1.97. The van der Waals surface area contributed by atoms with Crippen molar-refractivity contribution >= 4 is 0 Å². The van der Waals surface area contributed by atoms with E-state index in [9.17, 15) is 0 Å². The zero-order valence-corrected chi connectivity index (χ0v) is 5.02. The van der Waals surface area contributed by atoms with Gasteiger partial charge < -0.3 is 5.73 Å². The first-order valence-electron chi connectivity index (χ1n) is 2.64. The van der Waals surface area contributed by atoms with E-state index in [1.807, 2.05) is 6.08 Å². The Morgan fingerprint density at radius 2 is 2.14 bits per heavy atom. The molecule has 0 heterocycles. The quantitative estimate of drug-likeness (QED) is 0.558. The highest BCUT2D eigenvalue weighted by Gasteiger charge is 1.84. The molecule has 42 valence electrons. The normalized spacial score (nSPS) is 11.3. The van der Waals surface area contributed by atoms with Gasteiger partial charge in [0.05, 0.1) is 0 Å². The van der Waals surface area contributed by atoms with E-state index in [-0.39, 0.29) is 0 Å². The maximum absolute atomic E-state index is 5.10. The lowest BCUT2D eigenvalue weighted by Gasteiger charge is -1.93. The van der Waals surface area contributed by atoms with Crippen LogP contribution in [0, 0.1) is 5.92 Å². The summed E-state index contributed by atoms with van der Waals surface area (Å²) in [4.78, 5) is 0. The molecule has 0 spiro atoms. The fourth-order valence-corrected chi connectivity index (χ4v) is 0.351. The van der Waals surface area contributed by atoms with Gasteiger partial charge in [-0.15, -0.1) is 0 Å². The molecule has 1 heteroatoms. The first-order chi connectivity index (χ1) is 3.27. The molecule has 0 saturated carbocycles. The Morgan fingerprint density at radius 1 is 1.57 bits per heavy atom. The Kier molecular flexibility index (Phi) is 3.48. The molecular formula is C6H13N. The fraction of sp³-hybridized carbons (Fsp3) is 0.667. The molecule has 0 aromatic carbocycles. The van der Waals surface area contributed by atoms with Crippen LogP contribution in [-0.4, -0.2) is 0 Å². The van der Waals surface area contributed by atoms with Crippen LogP contribution >= 0.6 is 0 Å². The highest BCUT2D eigenvalue weighted by atomic mass is 14.5. The van der Waals surface area contributed by atoms with Crippen LogP contribution in [-0.2, 0) is 0 Å². The van der Waals surface area contributed by atoms with E-state index in [2.05, 4.69) is 13.8 Å². The molecule has 0 fully saturated rings. The summed E-state index contributed by atoms with van der Waals surface area (Å²) in [5.41, 5.74) is 5.10. The van der Waals surface area contributed by atoms with Gasteiger partial charge in [0.25, 0.3) is 0 Å². The molecule has 0 rings (SSSR count). The highest BCUT2D eigenvalue weighted by molar-refractivity contribution is 4.76. The van der Waals surface area contributed by atoms with E-state index >= 15 is 0 Å². The van der Waals surface area contributed by atoms with Gasteiger partial charge in [0.2, 0.25) is 0 Å². The Labute approximate surface area is 45.2 Å². The average Bonchev–Trinajstić information content (AvgIpc) is 1.61. The third-order valence-electron chi connectivity index (χ3n) is 0.744. The predicted molar refractivity (Wildman–Crippen MR) is 32.8 cm³/mol. The second kappa shape index (κ2) is 3.72. The Balaban J connectivity index is 2.97. The van der Waals surface area contributed by atoms with Gasteiger partial charge in [0.15, 0.2) is 0 Å². The smallest absolute Gasteiger partial charge is 0.0103 e. The third kappa shape index (κ3) is 5.54. The topological polar surface area (TPSA) is 26.0 Å². The summed E-state index contributed by atoms with van der Waals surface area (Å²) in [5, 5.41) is 0. The van der Waals surface area contributed by atoms with Gasteiger partial charge >= 0.3 is 0 Å².